The van der Waals surface area contributed by atoms with Gasteiger partial charge >= 0.3 is 0 Å². The van der Waals surface area contributed by atoms with E-state index in [0.717, 1.165) is 0 Å². The highest BCUT2D eigenvalue weighted by Crippen LogP contribution is 2.30. The first-order chi connectivity index (χ1) is 11.7. The largest absolute Gasteiger partial charge is 0.243 e. The van der Waals surface area contributed by atoms with Crippen LogP contribution in [0.15, 0.2) is 58.3 Å². The minimum absolute atomic E-state index is 0.0501. The molecule has 1 aliphatic rings. The first-order valence-corrected chi connectivity index (χ1v) is 11.2. The summed E-state index contributed by atoms with van der Waals surface area (Å²) in [6.45, 7) is 1.76. The Kier molecular flexibility index (Phi) is 4.94. The van der Waals surface area contributed by atoms with Crippen molar-refractivity contribution in [2.45, 2.75) is 28.4 Å². The molecule has 2 aromatic carbocycles. The lowest BCUT2D eigenvalue weighted by molar-refractivity contribution is 0.476. The van der Waals surface area contributed by atoms with Crippen molar-refractivity contribution in [2.24, 2.45) is 0 Å². The predicted octanol–water partition coefficient (Wildman–Crippen LogP) is 2.89. The normalized spacial score (nSPS) is 19.2. The van der Waals surface area contributed by atoms with Gasteiger partial charge in [-0.05, 0) is 43.2 Å². The topological polar surface area (TPSA) is 71.5 Å². The standard InChI is InChI=1S/C17H18ClNO4S2/c1-13-16(18)8-5-9-17(13)25(22,23)19-11-10-15(12-19)24(20,21)14-6-3-2-4-7-14/h2-9,15H,10-12H2,1H3. The fourth-order valence-corrected chi connectivity index (χ4v) is 6.76. The van der Waals surface area contributed by atoms with Crippen molar-refractivity contribution in [1.82, 2.24) is 4.31 Å². The van der Waals surface area contributed by atoms with Gasteiger partial charge in [-0.2, -0.15) is 4.31 Å². The van der Waals surface area contributed by atoms with Crippen LogP contribution in [0.25, 0.3) is 0 Å². The van der Waals surface area contributed by atoms with Crippen molar-refractivity contribution >= 4 is 31.5 Å². The van der Waals surface area contributed by atoms with Gasteiger partial charge in [0.2, 0.25) is 10.0 Å². The molecule has 1 fully saturated rings. The minimum atomic E-state index is -3.78. The Morgan fingerprint density at radius 1 is 1.00 bits per heavy atom. The second-order valence-corrected chi connectivity index (χ2v) is 10.5. The summed E-state index contributed by atoms with van der Waals surface area (Å²) in [4.78, 5) is 0.343. The SMILES string of the molecule is Cc1c(Cl)cccc1S(=O)(=O)N1CCC(S(=O)(=O)c2ccccc2)C1. The molecule has 0 amide bonds. The number of hydrogen-bond donors (Lipinski definition) is 0. The van der Waals surface area contributed by atoms with Crippen molar-refractivity contribution in [3.8, 4) is 0 Å². The van der Waals surface area contributed by atoms with Crippen LogP contribution in [0.3, 0.4) is 0 Å². The first-order valence-electron chi connectivity index (χ1n) is 7.79. The van der Waals surface area contributed by atoms with Gasteiger partial charge in [0.1, 0.15) is 0 Å². The van der Waals surface area contributed by atoms with Crippen molar-refractivity contribution in [2.75, 3.05) is 13.1 Å². The molecule has 1 aliphatic heterocycles. The second kappa shape index (κ2) is 6.72. The number of benzene rings is 2. The zero-order valence-corrected chi connectivity index (χ0v) is 16.0. The summed E-state index contributed by atoms with van der Waals surface area (Å²) in [6, 6.07) is 12.8. The monoisotopic (exact) mass is 399 g/mol. The lowest BCUT2D eigenvalue weighted by Crippen LogP contribution is -2.32. The molecular formula is C17H18ClNO4S2. The van der Waals surface area contributed by atoms with Gasteiger partial charge in [-0.3, -0.25) is 0 Å². The van der Waals surface area contributed by atoms with Gasteiger partial charge in [0.25, 0.3) is 0 Å². The molecule has 1 unspecified atom stereocenters. The van der Waals surface area contributed by atoms with Crippen LogP contribution in [0.5, 0.6) is 0 Å². The molecule has 0 N–H and O–H groups in total. The predicted molar refractivity (Wildman–Crippen MR) is 97.0 cm³/mol. The van der Waals surface area contributed by atoms with E-state index in [1.807, 2.05) is 0 Å². The number of sulfone groups is 1. The Labute approximate surface area is 153 Å². The molecule has 0 radical (unpaired) electrons. The van der Waals surface area contributed by atoms with Crippen molar-refractivity contribution in [1.29, 1.82) is 0 Å². The van der Waals surface area contributed by atoms with E-state index < -0.39 is 25.1 Å². The first kappa shape index (κ1) is 18.4. The molecule has 1 atom stereocenters. The average molecular weight is 400 g/mol. The van der Waals surface area contributed by atoms with Gasteiger partial charge in [0.15, 0.2) is 9.84 Å². The van der Waals surface area contributed by atoms with Crippen LogP contribution >= 0.6 is 11.6 Å². The fraction of sp³-hybridized carbons (Fsp3) is 0.294. The molecule has 134 valence electrons. The van der Waals surface area contributed by atoms with E-state index in [1.165, 1.54) is 22.5 Å². The van der Waals surface area contributed by atoms with E-state index in [4.69, 9.17) is 11.6 Å². The maximum Gasteiger partial charge on any atom is 0.243 e. The highest BCUT2D eigenvalue weighted by Gasteiger charge is 2.40. The van der Waals surface area contributed by atoms with E-state index >= 15 is 0 Å². The molecule has 0 saturated carbocycles. The van der Waals surface area contributed by atoms with Crippen molar-refractivity contribution in [3.63, 3.8) is 0 Å². The van der Waals surface area contributed by atoms with Crippen LogP contribution in [0.2, 0.25) is 5.02 Å². The van der Waals surface area contributed by atoms with Crippen LogP contribution < -0.4 is 0 Å². The number of hydrogen-bond acceptors (Lipinski definition) is 4. The molecular weight excluding hydrogens is 382 g/mol. The summed E-state index contributed by atoms with van der Waals surface area (Å²) in [7, 11) is -7.35. The minimum Gasteiger partial charge on any atom is -0.223 e. The molecule has 1 heterocycles. The van der Waals surface area contributed by atoms with E-state index in [0.29, 0.717) is 10.6 Å². The quantitative estimate of drug-likeness (QED) is 0.792. The molecule has 3 rings (SSSR count). The number of nitrogens with zero attached hydrogens (tertiary/aromatic N) is 1. The summed E-state index contributed by atoms with van der Waals surface area (Å²) < 4.78 is 52.5. The highest BCUT2D eigenvalue weighted by atomic mass is 35.5. The van der Waals surface area contributed by atoms with Gasteiger partial charge < -0.3 is 0 Å². The maximum absolute atomic E-state index is 12.9. The Morgan fingerprint density at radius 3 is 2.36 bits per heavy atom. The lowest BCUT2D eigenvalue weighted by Gasteiger charge is -2.18. The van der Waals surface area contributed by atoms with Gasteiger partial charge in [-0.1, -0.05) is 35.9 Å². The zero-order valence-electron chi connectivity index (χ0n) is 13.6. The second-order valence-electron chi connectivity index (χ2n) is 5.99. The van der Waals surface area contributed by atoms with Crippen molar-refractivity contribution in [3.05, 3.63) is 59.1 Å². The Balaban J connectivity index is 1.89. The fourth-order valence-electron chi connectivity index (χ4n) is 2.98. The summed E-state index contributed by atoms with van der Waals surface area (Å²) in [5, 5.41) is -0.377. The molecule has 0 bridgehead atoms. The van der Waals surface area contributed by atoms with Crippen LogP contribution in [0.4, 0.5) is 0 Å². The van der Waals surface area contributed by atoms with Crippen molar-refractivity contribution < 1.29 is 16.8 Å². The third-order valence-electron chi connectivity index (χ3n) is 4.45. The van der Waals surface area contributed by atoms with Crippen LogP contribution in [0.1, 0.15) is 12.0 Å². The van der Waals surface area contributed by atoms with E-state index in [9.17, 15) is 16.8 Å². The number of rotatable bonds is 4. The number of halogens is 1. The Morgan fingerprint density at radius 2 is 1.68 bits per heavy atom. The van der Waals surface area contributed by atoms with Crippen LogP contribution in [-0.2, 0) is 19.9 Å². The summed E-state index contributed by atoms with van der Waals surface area (Å²) >= 11 is 6.03. The van der Waals surface area contributed by atoms with E-state index in [-0.39, 0.29) is 29.3 Å². The van der Waals surface area contributed by atoms with Gasteiger partial charge in [0, 0.05) is 18.1 Å². The lowest BCUT2D eigenvalue weighted by atomic mass is 10.2. The molecule has 0 spiro atoms. The smallest absolute Gasteiger partial charge is 0.223 e. The van der Waals surface area contributed by atoms with Gasteiger partial charge in [-0.25, -0.2) is 16.8 Å². The summed E-state index contributed by atoms with van der Waals surface area (Å²) in [6.07, 6.45) is 0.274. The van der Waals surface area contributed by atoms with Gasteiger partial charge in [-0.15, -0.1) is 0 Å². The third kappa shape index (κ3) is 3.33. The Hall–Kier alpha value is -1.41. The van der Waals surface area contributed by atoms with E-state index in [1.54, 1.807) is 37.3 Å². The highest BCUT2D eigenvalue weighted by molar-refractivity contribution is 7.92. The Bertz CT molecular complexity index is 989. The summed E-state index contributed by atoms with van der Waals surface area (Å²) in [5.74, 6) is 0. The molecule has 25 heavy (non-hydrogen) atoms. The molecule has 0 aromatic heterocycles. The van der Waals surface area contributed by atoms with Gasteiger partial charge in [0.05, 0.1) is 15.0 Å². The van der Waals surface area contributed by atoms with E-state index in [2.05, 4.69) is 0 Å². The molecule has 2 aromatic rings. The van der Waals surface area contributed by atoms with Crippen LogP contribution in [0, 0.1) is 6.92 Å². The maximum atomic E-state index is 12.9. The molecule has 5 nitrogen and oxygen atoms in total. The third-order valence-corrected chi connectivity index (χ3v) is 9.06. The number of sulfonamides is 1. The zero-order chi connectivity index (χ0) is 18.2. The average Bonchev–Trinajstić information content (AvgIpc) is 3.10. The summed E-state index contributed by atoms with van der Waals surface area (Å²) in [5.41, 5.74) is 0.471. The molecule has 8 heteroatoms. The molecule has 1 saturated heterocycles. The molecule has 0 aliphatic carbocycles. The van der Waals surface area contributed by atoms with Crippen LogP contribution in [-0.4, -0.2) is 39.5 Å².